The van der Waals surface area contributed by atoms with E-state index in [2.05, 4.69) is 10.3 Å². The molecular weight excluding hydrogens is 308 g/mol. The first-order valence-electron chi connectivity index (χ1n) is 6.71. The molecule has 114 valence electrons. The van der Waals surface area contributed by atoms with Gasteiger partial charge in [0.15, 0.2) is 5.13 Å². The number of esters is 1. The number of amides is 1. The molecule has 7 heteroatoms. The Morgan fingerprint density at radius 1 is 1.43 bits per heavy atom. The predicted octanol–water partition coefficient (Wildman–Crippen LogP) is 2.80. The number of nitrogens with zero attached hydrogens (tertiary/aromatic N) is 1. The fourth-order valence-electron chi connectivity index (χ4n) is 2.09. The van der Waals surface area contributed by atoms with Crippen molar-refractivity contribution in [1.29, 1.82) is 0 Å². The number of allylic oxidation sites excluding steroid dienone is 1. The number of nitrogens with one attached hydrogen (secondary N) is 1. The number of aromatic nitrogens is 1. The minimum atomic E-state index is -0.382. The van der Waals surface area contributed by atoms with Crippen LogP contribution in [0.1, 0.15) is 25.5 Å². The van der Waals surface area contributed by atoms with Gasteiger partial charge in [0.25, 0.3) is 0 Å². The Labute approximate surface area is 132 Å². The molecule has 21 heavy (non-hydrogen) atoms. The Hall–Kier alpha value is -1.34. The fourth-order valence-corrected chi connectivity index (χ4v) is 3.99. The summed E-state index contributed by atoms with van der Waals surface area (Å²) in [7, 11) is 1.37. The van der Waals surface area contributed by atoms with Crippen LogP contribution in [0.3, 0.4) is 0 Å². The Morgan fingerprint density at radius 3 is 2.76 bits per heavy atom. The van der Waals surface area contributed by atoms with Gasteiger partial charge in [-0.2, -0.15) is 11.8 Å². The van der Waals surface area contributed by atoms with Crippen molar-refractivity contribution < 1.29 is 14.3 Å². The zero-order valence-electron chi connectivity index (χ0n) is 12.0. The summed E-state index contributed by atoms with van der Waals surface area (Å²) in [5.41, 5.74) is 1.05. The number of ether oxygens (including phenoxy) is 1. The van der Waals surface area contributed by atoms with E-state index in [1.807, 2.05) is 17.8 Å². The lowest BCUT2D eigenvalue weighted by Gasteiger charge is -2.18. The maximum Gasteiger partial charge on any atom is 0.339 e. The summed E-state index contributed by atoms with van der Waals surface area (Å²) < 4.78 is 4.86. The van der Waals surface area contributed by atoms with E-state index in [1.165, 1.54) is 25.4 Å². The highest BCUT2D eigenvalue weighted by molar-refractivity contribution is 7.99. The molecule has 1 amide bonds. The van der Waals surface area contributed by atoms with Gasteiger partial charge in [-0.05, 0) is 30.3 Å². The van der Waals surface area contributed by atoms with Crippen LogP contribution in [0.2, 0.25) is 0 Å². The molecule has 0 saturated carbocycles. The van der Waals surface area contributed by atoms with Crippen LogP contribution in [-0.2, 0) is 14.3 Å². The second-order valence-electron chi connectivity index (χ2n) is 4.74. The second-order valence-corrected chi connectivity index (χ2v) is 6.82. The summed E-state index contributed by atoms with van der Waals surface area (Å²) in [6, 6.07) is 0. The number of methoxy groups -OCH3 is 1. The number of hydrogen-bond donors (Lipinski definition) is 1. The highest BCUT2D eigenvalue weighted by atomic mass is 32.2. The van der Waals surface area contributed by atoms with Crippen molar-refractivity contribution >= 4 is 45.7 Å². The van der Waals surface area contributed by atoms with Gasteiger partial charge < -0.3 is 10.1 Å². The van der Waals surface area contributed by atoms with Crippen molar-refractivity contribution in [2.45, 2.75) is 19.8 Å². The number of hydrogen-bond acceptors (Lipinski definition) is 6. The Kier molecular flexibility index (Phi) is 5.81. The van der Waals surface area contributed by atoms with E-state index in [9.17, 15) is 9.59 Å². The number of thiazole rings is 1. The zero-order chi connectivity index (χ0) is 15.2. The molecule has 0 aromatic carbocycles. The third-order valence-electron chi connectivity index (χ3n) is 3.14. The molecule has 0 spiro atoms. The third-order valence-corrected chi connectivity index (χ3v) is 4.94. The molecule has 1 aromatic rings. The number of carbonyl (C=O) groups excluding carboxylic acids is 2. The Bertz CT molecular complexity index is 548. The quantitative estimate of drug-likeness (QED) is 0.680. The Balaban J connectivity index is 2.22. The average Bonchev–Trinajstić information content (AvgIpc) is 2.92. The first-order chi connectivity index (χ1) is 10.1. The predicted molar refractivity (Wildman–Crippen MR) is 86.5 cm³/mol. The molecule has 5 nitrogen and oxygen atoms in total. The zero-order valence-corrected chi connectivity index (χ0v) is 13.7. The van der Waals surface area contributed by atoms with Crippen molar-refractivity contribution in [3.63, 3.8) is 0 Å². The van der Waals surface area contributed by atoms with Gasteiger partial charge in [-0.3, -0.25) is 4.79 Å². The van der Waals surface area contributed by atoms with Crippen LogP contribution < -0.4 is 5.32 Å². The van der Waals surface area contributed by atoms with E-state index in [1.54, 1.807) is 5.38 Å². The molecule has 2 heterocycles. The summed E-state index contributed by atoms with van der Waals surface area (Å²) >= 11 is 3.24. The van der Waals surface area contributed by atoms with E-state index in [0.717, 1.165) is 24.3 Å². The molecule has 0 bridgehead atoms. The van der Waals surface area contributed by atoms with Gasteiger partial charge in [-0.1, -0.05) is 6.08 Å². The van der Waals surface area contributed by atoms with E-state index in [4.69, 9.17) is 4.74 Å². The first-order valence-corrected chi connectivity index (χ1v) is 8.75. The van der Waals surface area contributed by atoms with Crippen LogP contribution in [-0.4, -0.2) is 35.5 Å². The molecule has 0 radical (unpaired) electrons. The standard InChI is InChI=1S/C14H18N2O3S2/c1-9(17)15-14-16-12(8-21-14)11(13(18)19-2)7-10-3-5-20-6-4-10/h7-8,10H,3-6H2,1-2H3,(H,15,16,17)/b11-7+. The van der Waals surface area contributed by atoms with Crippen molar-refractivity contribution in [2.24, 2.45) is 5.92 Å². The number of thioether (sulfide) groups is 1. The van der Waals surface area contributed by atoms with Gasteiger partial charge >= 0.3 is 5.97 Å². The Morgan fingerprint density at radius 2 is 2.14 bits per heavy atom. The summed E-state index contributed by atoms with van der Waals surface area (Å²) in [4.78, 5) is 27.3. The highest BCUT2D eigenvalue weighted by Gasteiger charge is 2.20. The van der Waals surface area contributed by atoms with Crippen LogP contribution in [0, 0.1) is 5.92 Å². The van der Waals surface area contributed by atoms with E-state index in [0.29, 0.717) is 22.3 Å². The van der Waals surface area contributed by atoms with Crippen molar-refractivity contribution in [3.8, 4) is 0 Å². The largest absolute Gasteiger partial charge is 0.465 e. The SMILES string of the molecule is COC(=O)/C(=C/C1CCSCC1)c1csc(NC(C)=O)n1. The molecule has 1 N–H and O–H groups in total. The molecular formula is C14H18N2O3S2. The normalized spacial score (nSPS) is 16.6. The molecule has 0 unspecified atom stereocenters. The van der Waals surface area contributed by atoms with Crippen LogP contribution >= 0.6 is 23.1 Å². The second kappa shape index (κ2) is 7.61. The average molecular weight is 326 g/mol. The molecule has 0 aliphatic carbocycles. The van der Waals surface area contributed by atoms with Gasteiger partial charge in [0.1, 0.15) is 0 Å². The van der Waals surface area contributed by atoms with Gasteiger partial charge in [-0.15, -0.1) is 11.3 Å². The van der Waals surface area contributed by atoms with Gasteiger partial charge in [0.2, 0.25) is 5.91 Å². The van der Waals surface area contributed by atoms with Gasteiger partial charge in [0.05, 0.1) is 18.4 Å². The molecule has 1 aliphatic rings. The minimum Gasteiger partial charge on any atom is -0.465 e. The van der Waals surface area contributed by atoms with E-state index in [-0.39, 0.29) is 11.9 Å². The van der Waals surface area contributed by atoms with Gasteiger partial charge in [0, 0.05) is 12.3 Å². The molecule has 1 fully saturated rings. The summed E-state index contributed by atoms with van der Waals surface area (Å²) in [5, 5.41) is 4.89. The lowest BCUT2D eigenvalue weighted by Crippen LogP contribution is -2.11. The number of anilines is 1. The lowest BCUT2D eigenvalue weighted by atomic mass is 9.98. The highest BCUT2D eigenvalue weighted by Crippen LogP contribution is 2.29. The van der Waals surface area contributed by atoms with E-state index >= 15 is 0 Å². The van der Waals surface area contributed by atoms with Crippen LogP contribution in [0.25, 0.3) is 5.57 Å². The summed E-state index contributed by atoms with van der Waals surface area (Å²) in [6.07, 6.45) is 4.10. The fraction of sp³-hybridized carbons (Fsp3) is 0.500. The summed E-state index contributed by atoms with van der Waals surface area (Å²) in [5.74, 6) is 2.05. The minimum absolute atomic E-state index is 0.177. The first kappa shape index (κ1) is 16.0. The lowest BCUT2D eigenvalue weighted by molar-refractivity contribution is -0.133. The number of carbonyl (C=O) groups is 2. The third kappa shape index (κ3) is 4.57. The maximum atomic E-state index is 12.0. The van der Waals surface area contributed by atoms with Crippen molar-refractivity contribution in [2.75, 3.05) is 23.9 Å². The number of rotatable bonds is 4. The van der Waals surface area contributed by atoms with Crippen LogP contribution in [0.15, 0.2) is 11.5 Å². The van der Waals surface area contributed by atoms with Crippen LogP contribution in [0.4, 0.5) is 5.13 Å². The molecule has 0 atom stereocenters. The van der Waals surface area contributed by atoms with Gasteiger partial charge in [-0.25, -0.2) is 9.78 Å². The summed E-state index contributed by atoms with van der Waals surface area (Å²) in [6.45, 7) is 1.43. The smallest absolute Gasteiger partial charge is 0.339 e. The maximum absolute atomic E-state index is 12.0. The molecule has 2 rings (SSSR count). The van der Waals surface area contributed by atoms with Crippen molar-refractivity contribution in [1.82, 2.24) is 4.98 Å². The topological polar surface area (TPSA) is 68.3 Å². The molecule has 1 aliphatic heterocycles. The van der Waals surface area contributed by atoms with E-state index < -0.39 is 0 Å². The molecule has 1 aromatic heterocycles. The monoisotopic (exact) mass is 326 g/mol. The van der Waals surface area contributed by atoms with Crippen molar-refractivity contribution in [3.05, 3.63) is 17.2 Å². The molecule has 1 saturated heterocycles. The van der Waals surface area contributed by atoms with Crippen LogP contribution in [0.5, 0.6) is 0 Å².